The molecule has 34 heavy (non-hydrogen) atoms. The first kappa shape index (κ1) is 27.4. The molecule has 0 spiro atoms. The zero-order valence-electron chi connectivity index (χ0n) is 19.4. The highest BCUT2D eigenvalue weighted by Crippen LogP contribution is 2.59. The number of alkyl halides is 3. The lowest BCUT2D eigenvalue weighted by Crippen LogP contribution is -2.45. The number of carbonyl (C=O) groups excluding carboxylic acids is 4. The number of hydrogen-bond acceptors (Lipinski definition) is 8. The van der Waals surface area contributed by atoms with Crippen molar-refractivity contribution in [3.8, 4) is 0 Å². The van der Waals surface area contributed by atoms with Crippen molar-refractivity contribution in [3.63, 3.8) is 0 Å². The first-order valence-corrected chi connectivity index (χ1v) is 11.0. The van der Waals surface area contributed by atoms with E-state index in [0.717, 1.165) is 0 Å². The summed E-state index contributed by atoms with van der Waals surface area (Å²) >= 11 is 0. The van der Waals surface area contributed by atoms with Crippen LogP contribution in [0.15, 0.2) is 24.3 Å². The molecule has 0 amide bonds. The molecule has 0 saturated heterocycles. The topological polar surface area (TPSA) is 105 Å². The fraction of sp³-hybridized carbons (Fsp3) is 0.652. The third-order valence-electron chi connectivity index (χ3n) is 6.25. The van der Waals surface area contributed by atoms with E-state index in [0.29, 0.717) is 5.57 Å². The standard InChI is InChI=1S/C23H29F3O8/c1-6-31-18(27)16-13(5)12(4)14-9-22(20(29)32-7-2,21(30)33-8-3)10-15(14)17(16)19(28)34-11-23(24,25)26/h14-17H,4-11H2,1-3H3/t14-,15+,16+,17-/m0/s1. The third-order valence-corrected chi connectivity index (χ3v) is 6.25. The maximum Gasteiger partial charge on any atom is 0.422 e. The Bertz CT molecular complexity index is 845. The summed E-state index contributed by atoms with van der Waals surface area (Å²) in [6, 6.07) is 0. The van der Waals surface area contributed by atoms with Gasteiger partial charge in [0.1, 0.15) is 0 Å². The van der Waals surface area contributed by atoms with Crippen LogP contribution >= 0.6 is 0 Å². The van der Waals surface area contributed by atoms with Crippen LogP contribution in [-0.2, 0) is 38.1 Å². The minimum Gasteiger partial charge on any atom is -0.466 e. The van der Waals surface area contributed by atoms with Gasteiger partial charge in [-0.15, -0.1) is 0 Å². The fourth-order valence-electron chi connectivity index (χ4n) is 4.85. The molecule has 0 aliphatic heterocycles. The van der Waals surface area contributed by atoms with Gasteiger partial charge in [0.25, 0.3) is 0 Å². The molecule has 8 nitrogen and oxygen atoms in total. The van der Waals surface area contributed by atoms with Crippen LogP contribution in [0.5, 0.6) is 0 Å². The Kier molecular flexibility index (Phi) is 8.54. The summed E-state index contributed by atoms with van der Waals surface area (Å²) < 4.78 is 58.0. The molecule has 0 bridgehead atoms. The number of fused-ring (bicyclic) bond motifs is 1. The molecule has 0 N–H and O–H groups in total. The zero-order chi connectivity index (χ0) is 25.8. The fourth-order valence-corrected chi connectivity index (χ4v) is 4.85. The van der Waals surface area contributed by atoms with Crippen LogP contribution in [0, 0.1) is 29.1 Å². The van der Waals surface area contributed by atoms with Crippen molar-refractivity contribution in [3.05, 3.63) is 24.3 Å². The monoisotopic (exact) mass is 490 g/mol. The summed E-state index contributed by atoms with van der Waals surface area (Å²) in [6.07, 6.45) is -5.26. The summed E-state index contributed by atoms with van der Waals surface area (Å²) in [5, 5.41) is 0. The quantitative estimate of drug-likeness (QED) is 0.290. The average Bonchev–Trinajstić information content (AvgIpc) is 3.16. The first-order valence-electron chi connectivity index (χ1n) is 11.0. The largest absolute Gasteiger partial charge is 0.466 e. The van der Waals surface area contributed by atoms with Gasteiger partial charge in [-0.25, -0.2) is 0 Å². The van der Waals surface area contributed by atoms with Crippen LogP contribution in [0.3, 0.4) is 0 Å². The summed E-state index contributed by atoms with van der Waals surface area (Å²) in [6.45, 7) is 10.4. The predicted octanol–water partition coefficient (Wildman–Crippen LogP) is 3.15. The molecular weight excluding hydrogens is 461 g/mol. The Morgan fingerprint density at radius 3 is 1.85 bits per heavy atom. The summed E-state index contributed by atoms with van der Waals surface area (Å²) in [4.78, 5) is 51.6. The highest BCUT2D eigenvalue weighted by atomic mass is 19.4. The maximum absolute atomic E-state index is 12.9. The van der Waals surface area contributed by atoms with Crippen molar-refractivity contribution in [2.45, 2.75) is 39.8 Å². The molecular formula is C23H29F3O8. The molecule has 190 valence electrons. The van der Waals surface area contributed by atoms with Gasteiger partial charge in [-0.2, -0.15) is 13.2 Å². The number of hydrogen-bond donors (Lipinski definition) is 0. The van der Waals surface area contributed by atoms with Crippen LogP contribution < -0.4 is 0 Å². The van der Waals surface area contributed by atoms with Gasteiger partial charge in [0.15, 0.2) is 12.0 Å². The molecule has 0 heterocycles. The van der Waals surface area contributed by atoms with Crippen molar-refractivity contribution in [2.24, 2.45) is 29.1 Å². The van der Waals surface area contributed by atoms with Crippen molar-refractivity contribution >= 4 is 23.9 Å². The van der Waals surface area contributed by atoms with Gasteiger partial charge in [0, 0.05) is 0 Å². The van der Waals surface area contributed by atoms with E-state index < -0.39 is 65.7 Å². The van der Waals surface area contributed by atoms with Gasteiger partial charge in [0.05, 0.1) is 31.7 Å². The van der Waals surface area contributed by atoms with Crippen molar-refractivity contribution in [2.75, 3.05) is 26.4 Å². The molecule has 2 aliphatic carbocycles. The lowest BCUT2D eigenvalue weighted by atomic mass is 9.64. The second kappa shape index (κ2) is 10.6. The number of allylic oxidation sites excluding steroid dienone is 1. The highest BCUT2D eigenvalue weighted by Gasteiger charge is 2.64. The second-order valence-electron chi connectivity index (χ2n) is 8.23. The lowest BCUT2D eigenvalue weighted by Gasteiger charge is -2.40. The molecule has 0 radical (unpaired) electrons. The highest BCUT2D eigenvalue weighted by molar-refractivity contribution is 6.01. The van der Waals surface area contributed by atoms with E-state index in [-0.39, 0.29) is 38.2 Å². The summed E-state index contributed by atoms with van der Waals surface area (Å²) in [7, 11) is 0. The van der Waals surface area contributed by atoms with Gasteiger partial charge < -0.3 is 18.9 Å². The average molecular weight is 490 g/mol. The van der Waals surface area contributed by atoms with Crippen LogP contribution in [0.2, 0.25) is 0 Å². The third kappa shape index (κ3) is 5.28. The molecule has 2 saturated carbocycles. The minimum atomic E-state index is -4.79. The number of ether oxygens (including phenoxy) is 4. The summed E-state index contributed by atoms with van der Waals surface area (Å²) in [5.41, 5.74) is -1.44. The number of rotatable bonds is 8. The Balaban J connectivity index is 2.57. The molecule has 0 aromatic carbocycles. The number of esters is 4. The SMILES string of the molecule is C=C1C(=C)[C@@H]2CC(C(=O)OCC)(C(=O)OCC)C[C@H]2[C@H](C(=O)OCC(F)(F)F)[C@@H]1C(=O)OCC. The minimum absolute atomic E-state index is 0.0362. The Labute approximate surface area is 195 Å². The molecule has 0 aromatic heterocycles. The normalized spacial score (nSPS) is 25.8. The van der Waals surface area contributed by atoms with Gasteiger partial charge in [-0.3, -0.25) is 19.2 Å². The molecule has 0 unspecified atom stereocenters. The van der Waals surface area contributed by atoms with E-state index >= 15 is 0 Å². The number of carbonyl (C=O) groups is 4. The Morgan fingerprint density at radius 2 is 1.38 bits per heavy atom. The second-order valence-corrected chi connectivity index (χ2v) is 8.23. The molecule has 0 aromatic rings. The van der Waals surface area contributed by atoms with Crippen molar-refractivity contribution in [1.29, 1.82) is 0 Å². The van der Waals surface area contributed by atoms with E-state index in [4.69, 9.17) is 14.2 Å². The Hall–Kier alpha value is -2.85. The molecule has 4 atom stereocenters. The molecule has 2 rings (SSSR count). The smallest absolute Gasteiger partial charge is 0.422 e. The predicted molar refractivity (Wildman–Crippen MR) is 111 cm³/mol. The van der Waals surface area contributed by atoms with Gasteiger partial charge >= 0.3 is 30.1 Å². The van der Waals surface area contributed by atoms with Gasteiger partial charge in [-0.05, 0) is 56.6 Å². The maximum atomic E-state index is 12.9. The first-order chi connectivity index (χ1) is 15.8. The van der Waals surface area contributed by atoms with Gasteiger partial charge in [-0.1, -0.05) is 13.2 Å². The van der Waals surface area contributed by atoms with Crippen molar-refractivity contribution < 1.29 is 51.3 Å². The van der Waals surface area contributed by atoms with Crippen LogP contribution in [0.25, 0.3) is 0 Å². The van der Waals surface area contributed by atoms with Crippen LogP contribution in [-0.4, -0.2) is 56.5 Å². The molecule has 2 aliphatic rings. The van der Waals surface area contributed by atoms with E-state index in [9.17, 15) is 32.3 Å². The van der Waals surface area contributed by atoms with Gasteiger partial charge in [0.2, 0.25) is 0 Å². The molecule has 11 heteroatoms. The van der Waals surface area contributed by atoms with Crippen LogP contribution in [0.1, 0.15) is 33.6 Å². The summed E-state index contributed by atoms with van der Waals surface area (Å²) in [5.74, 6) is -8.47. The van der Waals surface area contributed by atoms with E-state index in [1.54, 1.807) is 13.8 Å². The van der Waals surface area contributed by atoms with Crippen molar-refractivity contribution in [1.82, 2.24) is 0 Å². The molecule has 2 fully saturated rings. The van der Waals surface area contributed by atoms with Crippen LogP contribution in [0.4, 0.5) is 13.2 Å². The van der Waals surface area contributed by atoms with E-state index in [1.165, 1.54) is 6.92 Å². The number of halogens is 3. The van der Waals surface area contributed by atoms with E-state index in [2.05, 4.69) is 17.9 Å². The zero-order valence-corrected chi connectivity index (χ0v) is 19.4. The Morgan fingerprint density at radius 1 is 0.853 bits per heavy atom. The lowest BCUT2D eigenvalue weighted by molar-refractivity contribution is -0.193. The van der Waals surface area contributed by atoms with E-state index in [1.807, 2.05) is 0 Å².